The van der Waals surface area contributed by atoms with Crippen molar-refractivity contribution in [3.05, 3.63) is 71.6 Å². The second-order valence-electron chi connectivity index (χ2n) is 15.1. The topological polar surface area (TPSA) is 215 Å². The van der Waals surface area contributed by atoms with E-state index in [4.69, 9.17) is 0 Å². The number of alkyl carbamates (subject to hydrolysis) is 2. The summed E-state index contributed by atoms with van der Waals surface area (Å²) >= 11 is 0. The smallest absolute Gasteiger partial charge is 0.407 e. The molecule has 0 saturated carbocycles. The summed E-state index contributed by atoms with van der Waals surface area (Å²) in [6.45, 7) is 3.27. The van der Waals surface area contributed by atoms with Crippen LogP contribution in [0.1, 0.15) is 74.4 Å². The number of imidazole rings is 2. The molecule has 4 amide bonds. The minimum Gasteiger partial charge on any atom is -0.453 e. The molecule has 2 saturated heterocycles. The predicted molar refractivity (Wildman–Crippen MR) is 204 cm³/mol. The zero-order valence-corrected chi connectivity index (χ0v) is 33.0. The molecular weight excluding hydrogens is 796 g/mol. The molecule has 2 fully saturated rings. The Bertz CT molecular complexity index is 2140. The largest absolute Gasteiger partial charge is 0.453 e. The Morgan fingerprint density at radius 1 is 0.717 bits per heavy atom. The number of aromatic amines is 2. The van der Waals surface area contributed by atoms with Gasteiger partial charge < -0.3 is 50.1 Å². The molecule has 4 aromatic rings. The summed E-state index contributed by atoms with van der Waals surface area (Å²) in [4.78, 5) is 68.3. The second-order valence-corrected chi connectivity index (χ2v) is 15.1. The fourth-order valence-electron chi connectivity index (χ4n) is 8.19. The number of ether oxygens (including phenoxy) is 2. The number of rotatable bonds is 10. The quantitative estimate of drug-likeness (QED) is 0.119. The van der Waals surface area contributed by atoms with E-state index in [-0.39, 0.29) is 46.7 Å². The highest BCUT2D eigenvalue weighted by atomic mass is 19.3. The number of carbonyl (C=O) groups excluding carboxylic acids is 4. The van der Waals surface area contributed by atoms with Crippen LogP contribution in [-0.2, 0) is 30.9 Å². The van der Waals surface area contributed by atoms with Gasteiger partial charge in [-0.25, -0.2) is 19.6 Å². The van der Waals surface area contributed by atoms with Crippen LogP contribution >= 0.6 is 0 Å². The summed E-state index contributed by atoms with van der Waals surface area (Å²) in [5.74, 6) is -9.84. The maximum absolute atomic E-state index is 16.1. The van der Waals surface area contributed by atoms with E-state index in [1.54, 1.807) is 0 Å². The third-order valence-corrected chi connectivity index (χ3v) is 11.3. The van der Waals surface area contributed by atoms with Gasteiger partial charge in [-0.15, -0.1) is 0 Å². The number of methoxy groups -OCH3 is 2. The number of fused-ring (bicyclic) bond motifs is 3. The van der Waals surface area contributed by atoms with E-state index in [0.717, 1.165) is 26.4 Å². The number of benzene rings is 2. The first-order valence-corrected chi connectivity index (χ1v) is 19.3. The molecule has 6 atom stereocenters. The summed E-state index contributed by atoms with van der Waals surface area (Å²) < 4.78 is 73.5. The van der Waals surface area contributed by atoms with E-state index in [1.807, 2.05) is 0 Å². The lowest BCUT2D eigenvalue weighted by molar-refractivity contribution is -0.225. The number of hydrogen-bond acceptors (Lipinski definition) is 10. The van der Waals surface area contributed by atoms with Crippen LogP contribution in [-0.4, -0.2) is 116 Å². The van der Waals surface area contributed by atoms with Crippen LogP contribution in [0.4, 0.5) is 27.2 Å². The zero-order valence-electron chi connectivity index (χ0n) is 33.0. The van der Waals surface area contributed by atoms with Crippen molar-refractivity contribution in [2.45, 2.75) is 87.8 Å². The summed E-state index contributed by atoms with van der Waals surface area (Å²) in [6, 6.07) is 3.87. The highest BCUT2D eigenvalue weighted by Crippen LogP contribution is 2.58. The van der Waals surface area contributed by atoms with E-state index in [2.05, 4.69) is 40.0 Å². The predicted octanol–water partition coefficient (Wildman–Crippen LogP) is 4.87. The van der Waals surface area contributed by atoms with E-state index in [0.29, 0.717) is 37.3 Å². The molecule has 60 heavy (non-hydrogen) atoms. The third-order valence-electron chi connectivity index (χ3n) is 11.3. The van der Waals surface area contributed by atoms with Crippen LogP contribution in [0.15, 0.2) is 48.8 Å². The van der Waals surface area contributed by atoms with Crippen molar-refractivity contribution in [1.82, 2.24) is 40.4 Å². The van der Waals surface area contributed by atoms with Gasteiger partial charge in [0, 0.05) is 35.3 Å². The van der Waals surface area contributed by atoms with Gasteiger partial charge in [0.2, 0.25) is 11.8 Å². The Morgan fingerprint density at radius 3 is 1.45 bits per heavy atom. The number of alkyl halides is 4. The third kappa shape index (κ3) is 7.41. The SMILES string of the molecule is COC(=O)N[C@H](C(=O)N1CCC[C@H]1c1ncc(-c2ccc3c(c2)C(F)(F)C(F)(F)c2cc(-c4cnc([C@@H]5CCCN5C(=O)[C@@H](NC(=O)OC)[C@@H](C)O)[nH]4)ccc2-3)[nH]1)[C@@H](C)O. The molecule has 0 bridgehead atoms. The first-order chi connectivity index (χ1) is 28.5. The van der Waals surface area contributed by atoms with Gasteiger partial charge in [-0.3, -0.25) is 9.59 Å². The molecule has 4 heterocycles. The van der Waals surface area contributed by atoms with Crippen molar-refractivity contribution in [2.75, 3.05) is 27.3 Å². The molecule has 20 heteroatoms. The van der Waals surface area contributed by atoms with Crippen LogP contribution < -0.4 is 10.6 Å². The number of nitrogens with zero attached hydrogens (tertiary/aromatic N) is 4. The van der Waals surface area contributed by atoms with Gasteiger partial charge in [0.25, 0.3) is 0 Å². The van der Waals surface area contributed by atoms with Crippen LogP contribution in [0, 0.1) is 0 Å². The lowest BCUT2D eigenvalue weighted by Gasteiger charge is -2.35. The second kappa shape index (κ2) is 16.2. The van der Waals surface area contributed by atoms with Crippen molar-refractivity contribution in [3.63, 3.8) is 0 Å². The number of aromatic nitrogens is 4. The standard InChI is InChI=1S/C40H44F4N8O8/c1-19(53)31(49-37(57)59-3)35(55)51-13-5-7-29(51)33-45-17-27(47-33)21-9-11-23-24-12-10-22(16-26(24)40(43,44)39(41,42)25(23)15-21)28-18-46-34(48-28)30-8-6-14-52(30)36(56)32(20(2)54)50-38(58)60-4/h9-12,15-20,29-32,53-54H,5-8,13-14H2,1-4H3,(H,45,47)(H,46,48)(H,49,57)(H,50,58)/t19-,20-,29+,30+,31+,32+/m1/s1. The van der Waals surface area contributed by atoms with Gasteiger partial charge >= 0.3 is 24.0 Å². The number of likely N-dealkylation sites (tertiary alicyclic amines) is 2. The maximum atomic E-state index is 16.1. The van der Waals surface area contributed by atoms with E-state index in [9.17, 15) is 29.4 Å². The van der Waals surface area contributed by atoms with Crippen molar-refractivity contribution in [2.24, 2.45) is 0 Å². The molecule has 7 rings (SSSR count). The normalized spacial score (nSPS) is 21.0. The summed E-state index contributed by atoms with van der Waals surface area (Å²) in [7, 11) is 2.24. The Balaban J connectivity index is 1.14. The van der Waals surface area contributed by atoms with Crippen LogP contribution in [0.25, 0.3) is 33.6 Å². The Morgan fingerprint density at radius 2 is 1.10 bits per heavy atom. The molecule has 1 aliphatic carbocycles. The molecule has 2 aromatic heterocycles. The Kier molecular flexibility index (Phi) is 11.4. The van der Waals surface area contributed by atoms with Crippen LogP contribution in [0.3, 0.4) is 0 Å². The first kappa shape index (κ1) is 42.1. The number of aliphatic hydroxyl groups excluding tert-OH is 2. The molecule has 16 nitrogen and oxygen atoms in total. The van der Waals surface area contributed by atoms with Crippen molar-refractivity contribution in [1.29, 1.82) is 0 Å². The van der Waals surface area contributed by atoms with Crippen molar-refractivity contribution < 1.29 is 56.4 Å². The number of amides is 4. The average Bonchev–Trinajstić information content (AvgIpc) is 4.07. The molecule has 0 spiro atoms. The molecular formula is C40H44F4N8O8. The van der Waals surface area contributed by atoms with Crippen LogP contribution in [0.2, 0.25) is 0 Å². The number of carbonyl (C=O) groups is 4. The van der Waals surface area contributed by atoms with Gasteiger partial charge in [0.1, 0.15) is 23.7 Å². The highest BCUT2D eigenvalue weighted by molar-refractivity contribution is 5.88. The minimum atomic E-state index is -4.65. The molecule has 0 radical (unpaired) electrons. The Hall–Kier alpha value is -6.02. The van der Waals surface area contributed by atoms with E-state index in [1.165, 1.54) is 60.3 Å². The molecule has 2 aromatic carbocycles. The number of aliphatic hydroxyl groups is 2. The van der Waals surface area contributed by atoms with E-state index >= 15 is 17.6 Å². The number of halogens is 4. The molecule has 2 aliphatic heterocycles. The lowest BCUT2D eigenvalue weighted by atomic mass is 9.79. The molecule has 6 N–H and O–H groups in total. The number of H-pyrrole nitrogens is 2. The molecule has 3 aliphatic rings. The van der Waals surface area contributed by atoms with Gasteiger partial charge in [-0.2, -0.15) is 17.6 Å². The van der Waals surface area contributed by atoms with Crippen molar-refractivity contribution in [3.8, 4) is 33.6 Å². The fraction of sp³-hybridized carbons (Fsp3) is 0.450. The van der Waals surface area contributed by atoms with Gasteiger partial charge in [0.05, 0.1) is 62.3 Å². The number of nitrogens with one attached hydrogen (secondary N) is 4. The zero-order chi connectivity index (χ0) is 43.3. The fourth-order valence-corrected chi connectivity index (χ4v) is 8.19. The Labute approximate surface area is 340 Å². The summed E-state index contributed by atoms with van der Waals surface area (Å²) in [5.41, 5.74) is -1.18. The average molecular weight is 841 g/mol. The first-order valence-electron chi connectivity index (χ1n) is 19.3. The highest BCUT2D eigenvalue weighted by Gasteiger charge is 2.63. The monoisotopic (exact) mass is 840 g/mol. The summed E-state index contributed by atoms with van der Waals surface area (Å²) in [5, 5.41) is 25.1. The lowest BCUT2D eigenvalue weighted by Crippen LogP contribution is -2.53. The van der Waals surface area contributed by atoms with Gasteiger partial charge in [0.15, 0.2) is 0 Å². The van der Waals surface area contributed by atoms with Gasteiger partial charge in [-0.1, -0.05) is 24.3 Å². The van der Waals surface area contributed by atoms with E-state index < -0.39 is 83.3 Å². The minimum absolute atomic E-state index is 0.0931. The summed E-state index contributed by atoms with van der Waals surface area (Å²) in [6.07, 6.45) is 0.493. The van der Waals surface area contributed by atoms with Gasteiger partial charge in [-0.05, 0) is 62.8 Å². The molecule has 320 valence electrons. The maximum Gasteiger partial charge on any atom is 0.407 e. The van der Waals surface area contributed by atoms with Crippen LogP contribution in [0.5, 0.6) is 0 Å². The van der Waals surface area contributed by atoms with Crippen molar-refractivity contribution >= 4 is 24.0 Å². The molecule has 0 unspecified atom stereocenters. The number of hydrogen-bond donors (Lipinski definition) is 6.